The van der Waals surface area contributed by atoms with E-state index in [2.05, 4.69) is 0 Å². The summed E-state index contributed by atoms with van der Waals surface area (Å²) in [6.45, 7) is 0. The molecule has 1 aromatic rings. The second-order valence-electron chi connectivity index (χ2n) is 2.50. The van der Waals surface area contributed by atoms with E-state index in [1.54, 1.807) is 6.07 Å². The highest BCUT2D eigenvalue weighted by Crippen LogP contribution is 2.22. The number of aromatic carboxylic acids is 1. The maximum Gasteiger partial charge on any atom is 0.335 e. The van der Waals surface area contributed by atoms with E-state index in [0.29, 0.717) is 6.29 Å². The SMILES string of the molecule is N#Cc1cc(C(=O)O)cc(C=O)c1O. The molecule has 0 heterocycles. The fourth-order valence-corrected chi connectivity index (χ4v) is 0.955. The smallest absolute Gasteiger partial charge is 0.335 e. The lowest BCUT2D eigenvalue weighted by molar-refractivity contribution is 0.0697. The van der Waals surface area contributed by atoms with Crippen LogP contribution in [0.15, 0.2) is 12.1 Å². The molecule has 0 atom stereocenters. The zero-order valence-electron chi connectivity index (χ0n) is 6.89. The van der Waals surface area contributed by atoms with Crippen molar-refractivity contribution in [3.63, 3.8) is 0 Å². The third-order valence-electron chi connectivity index (χ3n) is 1.63. The van der Waals surface area contributed by atoms with Crippen LogP contribution in [-0.2, 0) is 0 Å². The van der Waals surface area contributed by atoms with E-state index >= 15 is 0 Å². The number of carboxylic acids is 1. The van der Waals surface area contributed by atoms with Gasteiger partial charge in [-0.15, -0.1) is 0 Å². The van der Waals surface area contributed by atoms with E-state index in [1.807, 2.05) is 0 Å². The first-order valence-corrected chi connectivity index (χ1v) is 3.55. The summed E-state index contributed by atoms with van der Waals surface area (Å²) in [6, 6.07) is 3.60. The molecule has 0 spiro atoms. The first-order valence-electron chi connectivity index (χ1n) is 3.55. The molecule has 0 amide bonds. The average Bonchev–Trinajstić information content (AvgIpc) is 2.17. The molecule has 0 aromatic heterocycles. The number of phenols is 1. The molecule has 5 nitrogen and oxygen atoms in total. The van der Waals surface area contributed by atoms with E-state index in [9.17, 15) is 14.7 Å². The third kappa shape index (κ3) is 1.54. The lowest BCUT2D eigenvalue weighted by Gasteiger charge is -2.01. The minimum Gasteiger partial charge on any atom is -0.506 e. The second-order valence-corrected chi connectivity index (χ2v) is 2.50. The Hall–Kier alpha value is -2.35. The van der Waals surface area contributed by atoms with Crippen LogP contribution in [0.3, 0.4) is 0 Å². The summed E-state index contributed by atoms with van der Waals surface area (Å²) in [4.78, 5) is 20.9. The number of benzene rings is 1. The van der Waals surface area contributed by atoms with Crippen molar-refractivity contribution in [3.8, 4) is 11.8 Å². The minimum atomic E-state index is -1.26. The van der Waals surface area contributed by atoms with Gasteiger partial charge in [0.05, 0.1) is 16.7 Å². The number of carbonyl (C=O) groups excluding carboxylic acids is 1. The highest BCUT2D eigenvalue weighted by Gasteiger charge is 2.12. The molecule has 70 valence electrons. The van der Waals surface area contributed by atoms with Crippen molar-refractivity contribution in [3.05, 3.63) is 28.8 Å². The Labute approximate surface area is 78.8 Å². The van der Waals surface area contributed by atoms with Crippen molar-refractivity contribution in [2.75, 3.05) is 0 Å². The van der Waals surface area contributed by atoms with Crippen molar-refractivity contribution in [1.29, 1.82) is 5.26 Å². The quantitative estimate of drug-likeness (QED) is 0.673. The number of carbonyl (C=O) groups is 2. The molecule has 2 N–H and O–H groups in total. The van der Waals surface area contributed by atoms with Crippen molar-refractivity contribution in [1.82, 2.24) is 0 Å². The van der Waals surface area contributed by atoms with Crippen molar-refractivity contribution in [2.24, 2.45) is 0 Å². The molecular formula is C9H5NO4. The molecule has 0 saturated carbocycles. The van der Waals surface area contributed by atoms with Gasteiger partial charge in [-0.2, -0.15) is 5.26 Å². The molecule has 0 radical (unpaired) electrons. The van der Waals surface area contributed by atoms with Crippen LogP contribution in [0.4, 0.5) is 0 Å². The fraction of sp³-hybridized carbons (Fsp3) is 0. The molecular weight excluding hydrogens is 186 g/mol. The highest BCUT2D eigenvalue weighted by molar-refractivity contribution is 5.92. The van der Waals surface area contributed by atoms with Gasteiger partial charge >= 0.3 is 5.97 Å². The monoisotopic (exact) mass is 191 g/mol. The normalized spacial score (nSPS) is 9.07. The molecule has 0 aliphatic rings. The van der Waals surface area contributed by atoms with E-state index in [-0.39, 0.29) is 16.7 Å². The summed E-state index contributed by atoms with van der Waals surface area (Å²) >= 11 is 0. The standard InChI is InChI=1S/C9H5NO4/c10-3-6-1-5(9(13)14)2-7(4-11)8(6)12/h1-2,4,12H,(H,13,14). The molecule has 14 heavy (non-hydrogen) atoms. The van der Waals surface area contributed by atoms with Gasteiger partial charge in [-0.1, -0.05) is 0 Å². The highest BCUT2D eigenvalue weighted by atomic mass is 16.4. The molecule has 1 rings (SSSR count). The van der Waals surface area contributed by atoms with Crippen LogP contribution in [-0.4, -0.2) is 22.5 Å². The van der Waals surface area contributed by atoms with Gasteiger partial charge in [0.25, 0.3) is 0 Å². The molecule has 0 bridgehead atoms. The molecule has 1 aromatic carbocycles. The number of aldehydes is 1. The Morgan fingerprint density at radius 1 is 1.50 bits per heavy atom. The number of hydrogen-bond donors (Lipinski definition) is 2. The Morgan fingerprint density at radius 3 is 2.57 bits per heavy atom. The molecule has 0 unspecified atom stereocenters. The lowest BCUT2D eigenvalue weighted by atomic mass is 10.1. The van der Waals surface area contributed by atoms with Crippen LogP contribution in [0, 0.1) is 11.3 Å². The lowest BCUT2D eigenvalue weighted by Crippen LogP contribution is -1.99. The van der Waals surface area contributed by atoms with Gasteiger partial charge in [0.1, 0.15) is 11.8 Å². The van der Waals surface area contributed by atoms with E-state index < -0.39 is 11.7 Å². The average molecular weight is 191 g/mol. The van der Waals surface area contributed by atoms with Crippen LogP contribution in [0.5, 0.6) is 5.75 Å². The maximum absolute atomic E-state index is 10.5. The molecule has 0 saturated heterocycles. The van der Waals surface area contributed by atoms with Crippen LogP contribution in [0.1, 0.15) is 26.3 Å². The van der Waals surface area contributed by atoms with Crippen molar-refractivity contribution in [2.45, 2.75) is 0 Å². The number of phenolic OH excluding ortho intramolecular Hbond substituents is 1. The van der Waals surface area contributed by atoms with Crippen molar-refractivity contribution < 1.29 is 19.8 Å². The van der Waals surface area contributed by atoms with E-state index in [1.165, 1.54) is 0 Å². The summed E-state index contributed by atoms with van der Waals surface area (Å²) in [5.41, 5.74) is -0.644. The summed E-state index contributed by atoms with van der Waals surface area (Å²) in [5.74, 6) is -1.75. The van der Waals surface area contributed by atoms with Gasteiger partial charge in [0.2, 0.25) is 0 Å². The zero-order valence-corrected chi connectivity index (χ0v) is 6.89. The fourth-order valence-electron chi connectivity index (χ4n) is 0.955. The first kappa shape index (κ1) is 9.74. The first-order chi connectivity index (χ1) is 6.60. The molecule has 5 heteroatoms. The number of hydrogen-bond acceptors (Lipinski definition) is 4. The minimum absolute atomic E-state index is 0.207. The Morgan fingerprint density at radius 2 is 2.14 bits per heavy atom. The third-order valence-corrected chi connectivity index (χ3v) is 1.63. The van der Waals surface area contributed by atoms with Gasteiger partial charge in [-0.3, -0.25) is 4.79 Å². The topological polar surface area (TPSA) is 98.4 Å². The van der Waals surface area contributed by atoms with Crippen LogP contribution in [0.2, 0.25) is 0 Å². The molecule has 0 aliphatic heterocycles. The van der Waals surface area contributed by atoms with Gasteiger partial charge in [0.15, 0.2) is 6.29 Å². The van der Waals surface area contributed by atoms with E-state index in [4.69, 9.17) is 10.4 Å². The summed E-state index contributed by atoms with van der Waals surface area (Å²) in [7, 11) is 0. The van der Waals surface area contributed by atoms with Gasteiger partial charge < -0.3 is 10.2 Å². The number of carboxylic acid groups (broad SMARTS) is 1. The van der Waals surface area contributed by atoms with Crippen LogP contribution in [0.25, 0.3) is 0 Å². The number of nitriles is 1. The van der Waals surface area contributed by atoms with Gasteiger partial charge in [-0.05, 0) is 12.1 Å². The van der Waals surface area contributed by atoms with Gasteiger partial charge in [-0.25, -0.2) is 4.79 Å². The second kappa shape index (κ2) is 3.58. The largest absolute Gasteiger partial charge is 0.506 e. The van der Waals surface area contributed by atoms with E-state index in [0.717, 1.165) is 12.1 Å². The molecule has 0 aliphatic carbocycles. The summed E-state index contributed by atoms with van der Waals surface area (Å²) < 4.78 is 0. The predicted octanol–water partition coefficient (Wildman–Crippen LogP) is 0.775. The number of aromatic hydroxyl groups is 1. The maximum atomic E-state index is 10.5. The van der Waals surface area contributed by atoms with Crippen LogP contribution < -0.4 is 0 Å². The Bertz CT molecular complexity index is 445. The summed E-state index contributed by atoms with van der Waals surface area (Å²) in [6.07, 6.45) is 0.294. The zero-order chi connectivity index (χ0) is 10.7. The Kier molecular flexibility index (Phi) is 2.49. The molecule has 0 fully saturated rings. The Balaban J connectivity index is 3.49. The predicted molar refractivity (Wildman–Crippen MR) is 45.2 cm³/mol. The van der Waals surface area contributed by atoms with Crippen molar-refractivity contribution >= 4 is 12.3 Å². The number of rotatable bonds is 2. The number of nitrogens with zero attached hydrogens (tertiary/aromatic N) is 1. The van der Waals surface area contributed by atoms with Gasteiger partial charge in [0, 0.05) is 0 Å². The summed E-state index contributed by atoms with van der Waals surface area (Å²) in [5, 5.41) is 26.4. The van der Waals surface area contributed by atoms with Crippen LogP contribution >= 0.6 is 0 Å².